The SMILES string of the molecule is NCCCCC(N)C(=O)NC(CCC(=O)O)C(=O)NC(CCC(N)=O)C(=O)NC(Cc1cnc[nH]1)C(=O)O. The topological polar surface area (TPSA) is 286 Å². The molecule has 1 rings (SSSR count). The van der Waals surface area contributed by atoms with E-state index in [1.807, 2.05) is 0 Å². The van der Waals surface area contributed by atoms with Crippen molar-refractivity contribution in [3.05, 3.63) is 18.2 Å². The van der Waals surface area contributed by atoms with Gasteiger partial charge in [0, 0.05) is 31.2 Å². The second-order valence-corrected chi connectivity index (χ2v) is 8.63. The summed E-state index contributed by atoms with van der Waals surface area (Å²) in [4.78, 5) is 79.0. The number of aromatic nitrogens is 2. The average molecular weight is 541 g/mol. The second kappa shape index (κ2) is 16.6. The molecule has 1 aromatic rings. The van der Waals surface area contributed by atoms with E-state index in [4.69, 9.17) is 22.3 Å². The van der Waals surface area contributed by atoms with Crippen LogP contribution < -0.4 is 33.2 Å². The third-order valence-electron chi connectivity index (χ3n) is 5.49. The summed E-state index contributed by atoms with van der Waals surface area (Å²) >= 11 is 0. The van der Waals surface area contributed by atoms with Gasteiger partial charge in [0.05, 0.1) is 12.4 Å². The third kappa shape index (κ3) is 12.3. The number of primary amides is 1. The zero-order valence-corrected chi connectivity index (χ0v) is 20.9. The van der Waals surface area contributed by atoms with Crippen LogP contribution in [-0.2, 0) is 35.2 Å². The van der Waals surface area contributed by atoms with Crippen LogP contribution in [0, 0.1) is 0 Å². The van der Waals surface area contributed by atoms with Crippen molar-refractivity contribution >= 4 is 35.6 Å². The van der Waals surface area contributed by atoms with Gasteiger partial charge in [0.1, 0.15) is 18.1 Å². The van der Waals surface area contributed by atoms with Crippen LogP contribution in [0.1, 0.15) is 50.6 Å². The summed E-state index contributed by atoms with van der Waals surface area (Å²) in [5.74, 6) is -5.90. The van der Waals surface area contributed by atoms with Crippen molar-refractivity contribution < 1.29 is 39.0 Å². The summed E-state index contributed by atoms with van der Waals surface area (Å²) in [5, 5.41) is 25.6. The Labute approximate surface area is 218 Å². The molecule has 1 heterocycles. The maximum atomic E-state index is 13.0. The van der Waals surface area contributed by atoms with E-state index in [0.29, 0.717) is 25.1 Å². The Morgan fingerprint density at radius 3 is 1.95 bits per heavy atom. The fourth-order valence-corrected chi connectivity index (χ4v) is 3.37. The summed E-state index contributed by atoms with van der Waals surface area (Å²) in [6.07, 6.45) is 2.66. The molecule has 38 heavy (non-hydrogen) atoms. The highest BCUT2D eigenvalue weighted by atomic mass is 16.4. The normalized spacial score (nSPS) is 13.9. The second-order valence-electron chi connectivity index (χ2n) is 8.63. The Morgan fingerprint density at radius 1 is 0.868 bits per heavy atom. The van der Waals surface area contributed by atoms with Crippen molar-refractivity contribution in [2.24, 2.45) is 17.2 Å². The largest absolute Gasteiger partial charge is 0.481 e. The number of carboxylic acids is 2. The van der Waals surface area contributed by atoms with E-state index in [1.165, 1.54) is 12.5 Å². The number of nitrogens with one attached hydrogen (secondary N) is 4. The number of H-pyrrole nitrogens is 1. The predicted molar refractivity (Wildman–Crippen MR) is 132 cm³/mol. The molecule has 0 spiro atoms. The number of hydrogen-bond acceptors (Lipinski definition) is 9. The fourth-order valence-electron chi connectivity index (χ4n) is 3.37. The number of carbonyl (C=O) groups is 6. The molecule has 0 fully saturated rings. The van der Waals surface area contributed by atoms with Gasteiger partial charge in [0.15, 0.2) is 0 Å². The Hall–Kier alpha value is -4.05. The molecule has 0 aromatic carbocycles. The van der Waals surface area contributed by atoms with Crippen LogP contribution in [-0.4, -0.2) is 86.5 Å². The van der Waals surface area contributed by atoms with Crippen LogP contribution in [0.25, 0.3) is 0 Å². The van der Waals surface area contributed by atoms with Crippen LogP contribution in [0.4, 0.5) is 0 Å². The molecule has 0 aliphatic carbocycles. The Bertz CT molecular complexity index is 955. The molecule has 0 radical (unpaired) electrons. The average Bonchev–Trinajstić information content (AvgIpc) is 3.36. The van der Waals surface area contributed by atoms with E-state index < -0.39 is 66.2 Å². The van der Waals surface area contributed by atoms with Crippen molar-refractivity contribution in [3.63, 3.8) is 0 Å². The number of carbonyl (C=O) groups excluding carboxylic acids is 4. The van der Waals surface area contributed by atoms with Gasteiger partial charge in [-0.3, -0.25) is 24.0 Å². The summed E-state index contributed by atoms with van der Waals surface area (Å²) in [6.45, 7) is 0.414. The number of nitrogens with two attached hydrogens (primary N) is 3. The van der Waals surface area contributed by atoms with E-state index in [9.17, 15) is 33.9 Å². The molecule has 0 bridgehead atoms. The molecule has 16 nitrogen and oxygen atoms in total. The summed E-state index contributed by atoms with van der Waals surface area (Å²) in [5.41, 5.74) is 16.9. The van der Waals surface area contributed by atoms with E-state index >= 15 is 0 Å². The number of amides is 4. The molecule has 0 aliphatic heterocycles. The maximum absolute atomic E-state index is 13.0. The molecule has 12 N–H and O–H groups in total. The first-order valence-electron chi connectivity index (χ1n) is 12.0. The van der Waals surface area contributed by atoms with E-state index in [2.05, 4.69) is 25.9 Å². The third-order valence-corrected chi connectivity index (χ3v) is 5.49. The fraction of sp³-hybridized carbons (Fsp3) is 0.591. The number of rotatable bonds is 19. The highest BCUT2D eigenvalue weighted by Crippen LogP contribution is 2.06. The van der Waals surface area contributed by atoms with Crippen LogP contribution in [0.15, 0.2) is 12.5 Å². The number of hydrogen-bond donors (Lipinski definition) is 9. The quantitative estimate of drug-likeness (QED) is 0.0801. The minimum Gasteiger partial charge on any atom is -0.481 e. The van der Waals surface area contributed by atoms with Crippen molar-refractivity contribution in [2.75, 3.05) is 6.54 Å². The molecule has 0 saturated heterocycles. The molecule has 0 saturated carbocycles. The molecule has 16 heteroatoms. The van der Waals surface area contributed by atoms with E-state index in [-0.39, 0.29) is 32.1 Å². The van der Waals surface area contributed by atoms with Gasteiger partial charge in [-0.05, 0) is 32.2 Å². The Morgan fingerprint density at radius 2 is 1.45 bits per heavy atom. The summed E-state index contributed by atoms with van der Waals surface area (Å²) in [6, 6.07) is -5.16. The Kier molecular flexibility index (Phi) is 14.0. The van der Waals surface area contributed by atoms with Gasteiger partial charge in [0.25, 0.3) is 0 Å². The lowest BCUT2D eigenvalue weighted by Crippen LogP contribution is -2.57. The lowest BCUT2D eigenvalue weighted by molar-refractivity contribution is -0.142. The number of unbranched alkanes of at least 4 members (excludes halogenated alkanes) is 1. The number of imidazole rings is 1. The molecule has 212 valence electrons. The van der Waals surface area contributed by atoms with Gasteiger partial charge in [-0.1, -0.05) is 6.42 Å². The molecule has 1 aromatic heterocycles. The highest BCUT2D eigenvalue weighted by Gasteiger charge is 2.31. The van der Waals surface area contributed by atoms with Crippen molar-refractivity contribution in [1.82, 2.24) is 25.9 Å². The smallest absolute Gasteiger partial charge is 0.326 e. The predicted octanol–water partition coefficient (Wildman–Crippen LogP) is -2.92. The lowest BCUT2D eigenvalue weighted by Gasteiger charge is -2.25. The zero-order chi connectivity index (χ0) is 28.7. The number of aromatic amines is 1. The van der Waals surface area contributed by atoms with Crippen molar-refractivity contribution in [1.29, 1.82) is 0 Å². The van der Waals surface area contributed by atoms with Gasteiger partial charge < -0.3 is 48.3 Å². The first kappa shape index (κ1) is 32.0. The molecule has 4 atom stereocenters. The molecular weight excluding hydrogens is 504 g/mol. The molecule has 4 unspecified atom stereocenters. The van der Waals surface area contributed by atoms with Gasteiger partial charge in [-0.2, -0.15) is 0 Å². The van der Waals surface area contributed by atoms with Crippen molar-refractivity contribution in [3.8, 4) is 0 Å². The lowest BCUT2D eigenvalue weighted by atomic mass is 10.0. The van der Waals surface area contributed by atoms with E-state index in [0.717, 1.165) is 0 Å². The number of aliphatic carboxylic acids is 2. The van der Waals surface area contributed by atoms with E-state index in [1.54, 1.807) is 0 Å². The zero-order valence-electron chi connectivity index (χ0n) is 20.9. The molecular formula is C22H36N8O8. The van der Waals surface area contributed by atoms with Gasteiger partial charge in [-0.15, -0.1) is 0 Å². The minimum atomic E-state index is -1.42. The molecule has 4 amide bonds. The summed E-state index contributed by atoms with van der Waals surface area (Å²) in [7, 11) is 0. The van der Waals surface area contributed by atoms with Crippen LogP contribution in [0.2, 0.25) is 0 Å². The van der Waals surface area contributed by atoms with Crippen molar-refractivity contribution in [2.45, 2.75) is 75.5 Å². The summed E-state index contributed by atoms with van der Waals surface area (Å²) < 4.78 is 0. The maximum Gasteiger partial charge on any atom is 0.326 e. The standard InChI is InChI=1S/C22H36N8O8/c23-8-2-1-3-13(24)19(34)28-15(5-7-18(32)33)20(35)29-14(4-6-17(25)31)21(36)30-16(22(37)38)9-12-10-26-11-27-12/h10-11,13-16H,1-9,23-24H2,(H2,25,31)(H,26,27)(H,28,34)(H,29,35)(H,30,36)(H,32,33)(H,37,38). The first-order valence-corrected chi connectivity index (χ1v) is 12.0. The molecule has 0 aliphatic rings. The van der Waals surface area contributed by atoms with Crippen LogP contribution in [0.3, 0.4) is 0 Å². The van der Waals surface area contributed by atoms with Crippen LogP contribution >= 0.6 is 0 Å². The number of carboxylic acid groups (broad SMARTS) is 2. The highest BCUT2D eigenvalue weighted by molar-refractivity contribution is 5.94. The van der Waals surface area contributed by atoms with Gasteiger partial charge in [0.2, 0.25) is 23.6 Å². The minimum absolute atomic E-state index is 0.142. The van der Waals surface area contributed by atoms with Gasteiger partial charge in [-0.25, -0.2) is 9.78 Å². The monoisotopic (exact) mass is 540 g/mol. The first-order chi connectivity index (χ1) is 17.9. The van der Waals surface area contributed by atoms with Gasteiger partial charge >= 0.3 is 11.9 Å². The Balaban J connectivity index is 3.00. The van der Waals surface area contributed by atoms with Crippen LogP contribution in [0.5, 0.6) is 0 Å². The number of nitrogens with zero attached hydrogens (tertiary/aromatic N) is 1.